The monoisotopic (exact) mass is 277 g/mol. The summed E-state index contributed by atoms with van der Waals surface area (Å²) in [5, 5.41) is 3.13. The van der Waals surface area contributed by atoms with Crippen molar-refractivity contribution in [2.45, 2.75) is 45.7 Å². The van der Waals surface area contributed by atoms with Gasteiger partial charge in [-0.2, -0.15) is 0 Å². The first-order chi connectivity index (χ1) is 8.43. The van der Waals surface area contributed by atoms with Gasteiger partial charge in [0.2, 0.25) is 10.0 Å². The molecule has 0 spiro atoms. The molecule has 0 amide bonds. The molecular formula is C12H27N3O2S. The van der Waals surface area contributed by atoms with E-state index in [4.69, 9.17) is 0 Å². The molecule has 6 heteroatoms. The zero-order chi connectivity index (χ0) is 13.6. The van der Waals surface area contributed by atoms with Gasteiger partial charge in [0.05, 0.1) is 5.75 Å². The van der Waals surface area contributed by atoms with E-state index in [1.54, 1.807) is 0 Å². The minimum Gasteiger partial charge on any atom is -0.313 e. The molecular weight excluding hydrogens is 250 g/mol. The van der Waals surface area contributed by atoms with Gasteiger partial charge in [0, 0.05) is 25.2 Å². The van der Waals surface area contributed by atoms with Gasteiger partial charge < -0.3 is 10.2 Å². The Kier molecular flexibility index (Phi) is 6.55. The number of nitrogens with zero attached hydrogens (tertiary/aromatic N) is 1. The Labute approximate surface area is 111 Å². The zero-order valence-electron chi connectivity index (χ0n) is 11.8. The van der Waals surface area contributed by atoms with E-state index in [1.807, 2.05) is 13.8 Å². The SMILES string of the molecule is CCN1CCCC(NS(=O)(=O)CCNC(C)C)C1. The highest BCUT2D eigenvalue weighted by Crippen LogP contribution is 2.10. The van der Waals surface area contributed by atoms with Crippen LogP contribution in [0, 0.1) is 0 Å². The molecule has 5 nitrogen and oxygen atoms in total. The molecule has 0 aromatic heterocycles. The van der Waals surface area contributed by atoms with Crippen molar-refractivity contribution >= 4 is 10.0 Å². The van der Waals surface area contributed by atoms with Crippen molar-refractivity contribution in [1.29, 1.82) is 0 Å². The second-order valence-electron chi connectivity index (χ2n) is 5.28. The highest BCUT2D eigenvalue weighted by Gasteiger charge is 2.23. The molecule has 0 saturated carbocycles. The molecule has 0 radical (unpaired) electrons. The van der Waals surface area contributed by atoms with Crippen molar-refractivity contribution in [1.82, 2.24) is 14.9 Å². The summed E-state index contributed by atoms with van der Waals surface area (Å²) in [4.78, 5) is 2.29. The van der Waals surface area contributed by atoms with Crippen LogP contribution in [0.25, 0.3) is 0 Å². The smallest absolute Gasteiger partial charge is 0.213 e. The number of hydrogen-bond donors (Lipinski definition) is 2. The molecule has 1 rings (SSSR count). The van der Waals surface area contributed by atoms with E-state index in [9.17, 15) is 8.42 Å². The highest BCUT2D eigenvalue weighted by molar-refractivity contribution is 7.89. The molecule has 0 aromatic rings. The Morgan fingerprint density at radius 1 is 1.39 bits per heavy atom. The van der Waals surface area contributed by atoms with Crippen molar-refractivity contribution in [2.75, 3.05) is 31.9 Å². The summed E-state index contributed by atoms with van der Waals surface area (Å²) in [5.41, 5.74) is 0. The van der Waals surface area contributed by atoms with Crippen molar-refractivity contribution in [3.05, 3.63) is 0 Å². The van der Waals surface area contributed by atoms with Crippen LogP contribution in [0.4, 0.5) is 0 Å². The number of nitrogens with one attached hydrogen (secondary N) is 2. The third-order valence-electron chi connectivity index (χ3n) is 3.22. The van der Waals surface area contributed by atoms with Gasteiger partial charge in [0.1, 0.15) is 0 Å². The van der Waals surface area contributed by atoms with Crippen molar-refractivity contribution in [3.63, 3.8) is 0 Å². The fourth-order valence-electron chi connectivity index (χ4n) is 2.23. The van der Waals surface area contributed by atoms with Crippen LogP contribution in [0.5, 0.6) is 0 Å². The number of likely N-dealkylation sites (N-methyl/N-ethyl adjacent to an activating group) is 1. The predicted octanol–water partition coefficient (Wildman–Crippen LogP) is 0.388. The second kappa shape index (κ2) is 7.43. The summed E-state index contributed by atoms with van der Waals surface area (Å²) in [7, 11) is -3.15. The number of likely N-dealkylation sites (tertiary alicyclic amines) is 1. The van der Waals surface area contributed by atoms with E-state index in [1.165, 1.54) is 0 Å². The summed E-state index contributed by atoms with van der Waals surface area (Å²) in [6.07, 6.45) is 2.03. The lowest BCUT2D eigenvalue weighted by atomic mass is 10.1. The Balaban J connectivity index is 2.35. The largest absolute Gasteiger partial charge is 0.313 e. The molecule has 108 valence electrons. The summed E-state index contributed by atoms with van der Waals surface area (Å²) in [6, 6.07) is 0.410. The first-order valence-electron chi connectivity index (χ1n) is 6.88. The normalized spacial score (nSPS) is 22.6. The number of hydrogen-bond acceptors (Lipinski definition) is 4. The lowest BCUT2D eigenvalue weighted by molar-refractivity contribution is 0.211. The van der Waals surface area contributed by atoms with Crippen LogP contribution in [0.1, 0.15) is 33.6 Å². The Hall–Kier alpha value is -0.170. The van der Waals surface area contributed by atoms with Gasteiger partial charge in [-0.25, -0.2) is 13.1 Å². The van der Waals surface area contributed by atoms with E-state index in [-0.39, 0.29) is 11.8 Å². The molecule has 2 N–H and O–H groups in total. The number of sulfonamides is 1. The summed E-state index contributed by atoms with van der Waals surface area (Å²) in [5.74, 6) is 0.161. The van der Waals surface area contributed by atoms with E-state index in [2.05, 4.69) is 21.9 Å². The molecule has 1 atom stereocenters. The third-order valence-corrected chi connectivity index (χ3v) is 4.66. The number of piperidine rings is 1. The molecule has 1 saturated heterocycles. The van der Waals surface area contributed by atoms with Crippen LogP contribution < -0.4 is 10.0 Å². The summed E-state index contributed by atoms with van der Waals surface area (Å²) in [6.45, 7) is 9.57. The molecule has 0 bridgehead atoms. The molecule has 1 heterocycles. The van der Waals surface area contributed by atoms with Gasteiger partial charge >= 0.3 is 0 Å². The van der Waals surface area contributed by atoms with Crippen LogP contribution in [0.15, 0.2) is 0 Å². The standard InChI is InChI=1S/C12H27N3O2S/c1-4-15-8-5-6-12(10-15)14-18(16,17)9-7-13-11(2)3/h11-14H,4-10H2,1-3H3. The lowest BCUT2D eigenvalue weighted by Gasteiger charge is -2.32. The zero-order valence-corrected chi connectivity index (χ0v) is 12.6. The Morgan fingerprint density at radius 3 is 2.72 bits per heavy atom. The molecule has 0 aromatic carbocycles. The number of rotatable bonds is 7. The molecule has 18 heavy (non-hydrogen) atoms. The summed E-state index contributed by atoms with van der Waals surface area (Å²) >= 11 is 0. The third kappa shape index (κ3) is 6.13. The van der Waals surface area contributed by atoms with Gasteiger partial charge in [0.25, 0.3) is 0 Å². The Bertz CT molecular complexity index is 330. The molecule has 1 unspecified atom stereocenters. The van der Waals surface area contributed by atoms with Gasteiger partial charge in [-0.15, -0.1) is 0 Å². The maximum Gasteiger partial charge on any atom is 0.213 e. The summed E-state index contributed by atoms with van der Waals surface area (Å²) < 4.78 is 26.6. The molecule has 1 fully saturated rings. The van der Waals surface area contributed by atoms with Crippen LogP contribution in [-0.4, -0.2) is 57.3 Å². The van der Waals surface area contributed by atoms with Crippen LogP contribution in [0.3, 0.4) is 0 Å². The quantitative estimate of drug-likeness (QED) is 0.707. The average Bonchev–Trinajstić information content (AvgIpc) is 2.27. The van der Waals surface area contributed by atoms with Crippen molar-refractivity contribution in [3.8, 4) is 0 Å². The van der Waals surface area contributed by atoms with E-state index >= 15 is 0 Å². The minimum atomic E-state index is -3.15. The minimum absolute atomic E-state index is 0.0859. The maximum absolute atomic E-state index is 11.9. The first-order valence-corrected chi connectivity index (χ1v) is 8.54. The van der Waals surface area contributed by atoms with Crippen LogP contribution in [-0.2, 0) is 10.0 Å². The molecule has 1 aliphatic rings. The van der Waals surface area contributed by atoms with Gasteiger partial charge in [-0.05, 0) is 25.9 Å². The molecule has 0 aliphatic carbocycles. The lowest BCUT2D eigenvalue weighted by Crippen LogP contribution is -2.48. The fraction of sp³-hybridized carbons (Fsp3) is 1.00. The Morgan fingerprint density at radius 2 is 2.11 bits per heavy atom. The maximum atomic E-state index is 11.9. The van der Waals surface area contributed by atoms with Crippen molar-refractivity contribution < 1.29 is 8.42 Å². The first kappa shape index (κ1) is 15.9. The molecule has 1 aliphatic heterocycles. The highest BCUT2D eigenvalue weighted by atomic mass is 32.2. The van der Waals surface area contributed by atoms with Gasteiger partial charge in [0.15, 0.2) is 0 Å². The predicted molar refractivity (Wildman–Crippen MR) is 75.2 cm³/mol. The van der Waals surface area contributed by atoms with Crippen molar-refractivity contribution in [2.24, 2.45) is 0 Å². The topological polar surface area (TPSA) is 61.4 Å². The van der Waals surface area contributed by atoms with E-state index in [0.717, 1.165) is 32.5 Å². The van der Waals surface area contributed by atoms with Gasteiger partial charge in [-0.3, -0.25) is 0 Å². The average molecular weight is 277 g/mol. The second-order valence-corrected chi connectivity index (χ2v) is 7.15. The van der Waals surface area contributed by atoms with Gasteiger partial charge in [-0.1, -0.05) is 20.8 Å². The fourth-order valence-corrected chi connectivity index (χ4v) is 3.44. The van der Waals surface area contributed by atoms with Crippen LogP contribution >= 0.6 is 0 Å². The van der Waals surface area contributed by atoms with E-state index < -0.39 is 10.0 Å². The van der Waals surface area contributed by atoms with E-state index in [0.29, 0.717) is 12.6 Å². The van der Waals surface area contributed by atoms with Crippen LogP contribution in [0.2, 0.25) is 0 Å².